The number of aromatic nitrogens is 1. The molecule has 3 heterocycles. The number of amides is 1. The van der Waals surface area contributed by atoms with E-state index >= 15 is 0 Å². The Balaban J connectivity index is 1.45. The van der Waals surface area contributed by atoms with Gasteiger partial charge in [0.25, 0.3) is 5.91 Å². The molecule has 1 aliphatic heterocycles. The molecule has 3 aromatic rings. The van der Waals surface area contributed by atoms with Crippen LogP contribution in [0.2, 0.25) is 0 Å². The van der Waals surface area contributed by atoms with Gasteiger partial charge in [0.05, 0.1) is 11.4 Å². The smallest absolute Gasteiger partial charge is 0.261 e. The molecule has 7 heteroatoms. The average molecular weight is 411 g/mol. The molecule has 0 atom stereocenters. The Kier molecular flexibility index (Phi) is 5.40. The second kappa shape index (κ2) is 8.13. The second-order valence-electron chi connectivity index (χ2n) is 6.96. The van der Waals surface area contributed by atoms with Crippen molar-refractivity contribution in [1.29, 1.82) is 0 Å². The van der Waals surface area contributed by atoms with E-state index in [1.54, 1.807) is 18.5 Å². The number of hydrogen-bond donors (Lipinski definition) is 1. The summed E-state index contributed by atoms with van der Waals surface area (Å²) in [5.74, 6) is -1.81. The number of thiophene rings is 1. The fourth-order valence-electron chi connectivity index (χ4n) is 3.31. The van der Waals surface area contributed by atoms with Crippen LogP contribution in [0.1, 0.15) is 38.2 Å². The Bertz CT molecular complexity index is 1080. The molecule has 0 aliphatic carbocycles. The van der Waals surface area contributed by atoms with Gasteiger partial charge in [-0.05, 0) is 53.5 Å². The maximum atomic E-state index is 13.5. The molecule has 0 saturated carbocycles. The SMILES string of the molecule is CC1=CN(Cc2ccc(F)c(F)c2)Cc2sc(C(=O)NCc3cccnc3)cc21. The highest BCUT2D eigenvalue weighted by molar-refractivity contribution is 7.14. The van der Waals surface area contributed by atoms with Crippen molar-refractivity contribution in [1.82, 2.24) is 15.2 Å². The van der Waals surface area contributed by atoms with Gasteiger partial charge in [-0.25, -0.2) is 8.78 Å². The molecule has 29 heavy (non-hydrogen) atoms. The third kappa shape index (κ3) is 4.35. The molecule has 2 aromatic heterocycles. The van der Waals surface area contributed by atoms with E-state index in [-0.39, 0.29) is 5.91 Å². The molecule has 1 amide bonds. The lowest BCUT2D eigenvalue weighted by molar-refractivity contribution is 0.0955. The van der Waals surface area contributed by atoms with Crippen LogP contribution in [0.25, 0.3) is 5.57 Å². The summed E-state index contributed by atoms with van der Waals surface area (Å²) in [4.78, 5) is 20.4. The van der Waals surface area contributed by atoms with Crippen molar-refractivity contribution in [2.24, 2.45) is 0 Å². The molecular formula is C22H19F2N3OS. The zero-order chi connectivity index (χ0) is 20.4. The molecule has 4 rings (SSSR count). The van der Waals surface area contributed by atoms with Gasteiger partial charge >= 0.3 is 0 Å². The highest BCUT2D eigenvalue weighted by Crippen LogP contribution is 2.34. The van der Waals surface area contributed by atoms with Crippen LogP contribution in [0.15, 0.2) is 55.0 Å². The number of fused-ring (bicyclic) bond motifs is 1. The summed E-state index contributed by atoms with van der Waals surface area (Å²) in [6.45, 7) is 3.49. The molecule has 4 nitrogen and oxygen atoms in total. The standard InChI is InChI=1S/C22H19F2N3OS/c1-14-11-27(12-15-4-5-18(23)19(24)7-15)13-21-17(14)8-20(29-21)22(28)26-10-16-3-2-6-25-9-16/h2-9,11H,10,12-13H2,1H3,(H,26,28). The molecule has 1 N–H and O–H groups in total. The van der Waals surface area contributed by atoms with Gasteiger partial charge in [-0.15, -0.1) is 11.3 Å². The zero-order valence-electron chi connectivity index (χ0n) is 15.8. The first kappa shape index (κ1) is 19.3. The van der Waals surface area contributed by atoms with Crippen LogP contribution in [0.3, 0.4) is 0 Å². The first-order valence-electron chi connectivity index (χ1n) is 9.16. The molecular weight excluding hydrogens is 392 g/mol. The number of hydrogen-bond acceptors (Lipinski definition) is 4. The van der Waals surface area contributed by atoms with Crippen LogP contribution in [0.5, 0.6) is 0 Å². The maximum Gasteiger partial charge on any atom is 0.261 e. The van der Waals surface area contributed by atoms with Gasteiger partial charge in [-0.3, -0.25) is 9.78 Å². The number of allylic oxidation sites excluding steroid dienone is 1. The minimum Gasteiger partial charge on any atom is -0.368 e. The molecule has 0 unspecified atom stereocenters. The quantitative estimate of drug-likeness (QED) is 0.660. The highest BCUT2D eigenvalue weighted by atomic mass is 32.1. The normalized spacial score (nSPS) is 13.1. The summed E-state index contributed by atoms with van der Waals surface area (Å²) in [6, 6.07) is 9.62. The Morgan fingerprint density at radius 2 is 2.07 bits per heavy atom. The van der Waals surface area contributed by atoms with Crippen molar-refractivity contribution >= 4 is 22.8 Å². The number of halogens is 2. The predicted molar refractivity (Wildman–Crippen MR) is 109 cm³/mol. The first-order chi connectivity index (χ1) is 14.0. The van der Waals surface area contributed by atoms with Crippen LogP contribution in [0, 0.1) is 11.6 Å². The predicted octanol–water partition coefficient (Wildman–Crippen LogP) is 4.73. The van der Waals surface area contributed by atoms with Gasteiger partial charge in [0.15, 0.2) is 11.6 Å². The summed E-state index contributed by atoms with van der Waals surface area (Å²) >= 11 is 1.46. The van der Waals surface area contributed by atoms with E-state index in [0.29, 0.717) is 30.1 Å². The molecule has 0 bridgehead atoms. The van der Waals surface area contributed by atoms with E-state index in [0.717, 1.165) is 27.6 Å². The average Bonchev–Trinajstić information content (AvgIpc) is 3.15. The summed E-state index contributed by atoms with van der Waals surface area (Å²) < 4.78 is 26.6. The largest absolute Gasteiger partial charge is 0.368 e. The van der Waals surface area contributed by atoms with Crippen LogP contribution in [-0.4, -0.2) is 15.8 Å². The van der Waals surface area contributed by atoms with Gasteiger partial charge in [-0.1, -0.05) is 12.1 Å². The fourth-order valence-corrected chi connectivity index (χ4v) is 4.48. The van der Waals surface area contributed by atoms with Gasteiger partial charge in [0, 0.05) is 36.6 Å². The van der Waals surface area contributed by atoms with Crippen molar-refractivity contribution in [3.63, 3.8) is 0 Å². The minimum absolute atomic E-state index is 0.117. The maximum absolute atomic E-state index is 13.5. The lowest BCUT2D eigenvalue weighted by atomic mass is 10.0. The third-order valence-corrected chi connectivity index (χ3v) is 5.84. The van der Waals surface area contributed by atoms with E-state index in [1.165, 1.54) is 17.4 Å². The molecule has 0 radical (unpaired) electrons. The zero-order valence-corrected chi connectivity index (χ0v) is 16.6. The number of benzene rings is 1. The number of pyridine rings is 1. The van der Waals surface area contributed by atoms with E-state index < -0.39 is 11.6 Å². The van der Waals surface area contributed by atoms with Crippen molar-refractivity contribution < 1.29 is 13.6 Å². The molecule has 1 aliphatic rings. The van der Waals surface area contributed by atoms with E-state index in [1.807, 2.05) is 36.2 Å². The number of carbonyl (C=O) groups is 1. The van der Waals surface area contributed by atoms with E-state index in [4.69, 9.17) is 0 Å². The monoisotopic (exact) mass is 411 g/mol. The Hall–Kier alpha value is -3.06. The van der Waals surface area contributed by atoms with Crippen molar-refractivity contribution in [3.8, 4) is 0 Å². The first-order valence-corrected chi connectivity index (χ1v) is 9.98. The summed E-state index contributed by atoms with van der Waals surface area (Å²) in [5, 5.41) is 2.92. The van der Waals surface area contributed by atoms with Crippen LogP contribution in [0.4, 0.5) is 8.78 Å². The molecule has 148 valence electrons. The fraction of sp³-hybridized carbons (Fsp3) is 0.182. The van der Waals surface area contributed by atoms with Gasteiger partial charge < -0.3 is 10.2 Å². The van der Waals surface area contributed by atoms with Gasteiger partial charge in [0.1, 0.15) is 0 Å². The lowest BCUT2D eigenvalue weighted by Gasteiger charge is -2.26. The molecule has 1 aromatic carbocycles. The highest BCUT2D eigenvalue weighted by Gasteiger charge is 2.21. The number of nitrogens with one attached hydrogen (secondary N) is 1. The van der Waals surface area contributed by atoms with Crippen LogP contribution < -0.4 is 5.32 Å². The van der Waals surface area contributed by atoms with Crippen molar-refractivity contribution in [3.05, 3.63) is 93.1 Å². The van der Waals surface area contributed by atoms with Gasteiger partial charge in [0.2, 0.25) is 0 Å². The lowest BCUT2D eigenvalue weighted by Crippen LogP contribution is -2.21. The van der Waals surface area contributed by atoms with Crippen LogP contribution >= 0.6 is 11.3 Å². The minimum atomic E-state index is -0.846. The summed E-state index contributed by atoms with van der Waals surface area (Å²) in [6.07, 6.45) is 5.41. The Labute approximate surface area is 171 Å². The number of nitrogens with zero attached hydrogens (tertiary/aromatic N) is 2. The van der Waals surface area contributed by atoms with E-state index in [9.17, 15) is 13.6 Å². The van der Waals surface area contributed by atoms with E-state index in [2.05, 4.69) is 10.3 Å². The third-order valence-electron chi connectivity index (χ3n) is 4.73. The van der Waals surface area contributed by atoms with Crippen LogP contribution in [-0.2, 0) is 19.6 Å². The van der Waals surface area contributed by atoms with Crippen molar-refractivity contribution in [2.75, 3.05) is 0 Å². The van der Waals surface area contributed by atoms with Crippen molar-refractivity contribution in [2.45, 2.75) is 26.6 Å². The number of carbonyl (C=O) groups excluding carboxylic acids is 1. The Morgan fingerprint density at radius 1 is 1.21 bits per heavy atom. The topological polar surface area (TPSA) is 45.2 Å². The summed E-state index contributed by atoms with van der Waals surface area (Å²) in [5.41, 5.74) is 3.73. The number of rotatable bonds is 5. The molecule has 0 fully saturated rings. The second-order valence-corrected chi connectivity index (χ2v) is 8.09. The molecule has 0 saturated heterocycles. The van der Waals surface area contributed by atoms with Gasteiger partial charge in [-0.2, -0.15) is 0 Å². The molecule has 0 spiro atoms. The Morgan fingerprint density at radius 3 is 2.83 bits per heavy atom. The summed E-state index contributed by atoms with van der Waals surface area (Å²) in [7, 11) is 0.